The minimum atomic E-state index is 0.0226. The molecule has 0 aliphatic carbocycles. The van der Waals surface area contributed by atoms with Crippen LogP contribution in [0.15, 0.2) is 0 Å². The minimum Gasteiger partial charge on any atom is -0.326 e. The van der Waals surface area contributed by atoms with Crippen molar-refractivity contribution >= 4 is 5.91 Å². The molecule has 0 saturated carbocycles. The van der Waals surface area contributed by atoms with Crippen molar-refractivity contribution in [3.8, 4) is 0 Å². The maximum atomic E-state index is 12.3. The fourth-order valence-corrected chi connectivity index (χ4v) is 2.20. The van der Waals surface area contributed by atoms with Gasteiger partial charge in [0.2, 0.25) is 5.91 Å². The number of rotatable bonds is 5. The Bertz CT molecular complexity index is 265. The molecule has 17 heavy (non-hydrogen) atoms. The first-order chi connectivity index (χ1) is 7.88. The molecule has 1 aliphatic rings. The minimum absolute atomic E-state index is 0.0226. The highest BCUT2D eigenvalue weighted by Gasteiger charge is 2.39. The number of hydrogen-bond donors (Lipinski definition) is 1. The Morgan fingerprint density at radius 2 is 1.88 bits per heavy atom. The third kappa shape index (κ3) is 3.21. The number of hydrogen-bond acceptors (Lipinski definition) is 2. The highest BCUT2D eigenvalue weighted by Crippen LogP contribution is 2.22. The van der Waals surface area contributed by atoms with Gasteiger partial charge in [-0.05, 0) is 24.7 Å². The van der Waals surface area contributed by atoms with Gasteiger partial charge in [-0.15, -0.1) is 0 Å². The van der Waals surface area contributed by atoms with Crippen LogP contribution < -0.4 is 5.32 Å². The van der Waals surface area contributed by atoms with Crippen molar-refractivity contribution in [2.24, 2.45) is 17.8 Å². The zero-order chi connectivity index (χ0) is 13.2. The molecule has 0 bridgehead atoms. The van der Waals surface area contributed by atoms with Gasteiger partial charge in [0.25, 0.3) is 0 Å². The second-order valence-corrected chi connectivity index (χ2v) is 5.92. The maximum absolute atomic E-state index is 12.3. The molecule has 0 aromatic heterocycles. The normalized spacial score (nSPS) is 28.9. The summed E-state index contributed by atoms with van der Waals surface area (Å²) in [5.41, 5.74) is 0. The molecule has 3 nitrogen and oxygen atoms in total. The lowest BCUT2D eigenvalue weighted by atomic mass is 9.96. The van der Waals surface area contributed by atoms with Crippen LogP contribution in [0, 0.1) is 17.8 Å². The number of carbonyl (C=O) groups excluding carboxylic acids is 1. The predicted octanol–water partition coefficient (Wildman–Crippen LogP) is 2.47. The Morgan fingerprint density at radius 3 is 2.35 bits per heavy atom. The van der Waals surface area contributed by atoms with Gasteiger partial charge >= 0.3 is 0 Å². The smallest absolute Gasteiger partial charge is 0.241 e. The van der Waals surface area contributed by atoms with Gasteiger partial charge in [0.05, 0.1) is 12.2 Å². The number of nitrogens with zero attached hydrogens (tertiary/aromatic N) is 1. The lowest BCUT2D eigenvalue weighted by molar-refractivity contribution is -0.131. The fraction of sp³-hybridized carbons (Fsp3) is 0.929. The molecule has 0 radical (unpaired) electrons. The van der Waals surface area contributed by atoms with E-state index in [9.17, 15) is 4.79 Å². The molecule has 1 fully saturated rings. The van der Waals surface area contributed by atoms with Gasteiger partial charge in [0, 0.05) is 6.54 Å². The summed E-state index contributed by atoms with van der Waals surface area (Å²) in [4.78, 5) is 14.4. The van der Waals surface area contributed by atoms with E-state index in [0.29, 0.717) is 23.7 Å². The molecule has 0 spiro atoms. The molecule has 1 saturated heterocycles. The van der Waals surface area contributed by atoms with Crippen molar-refractivity contribution in [2.75, 3.05) is 6.54 Å². The fourth-order valence-electron chi connectivity index (χ4n) is 2.20. The quantitative estimate of drug-likeness (QED) is 0.800. The molecule has 100 valence electrons. The van der Waals surface area contributed by atoms with Crippen molar-refractivity contribution in [3.05, 3.63) is 0 Å². The second-order valence-electron chi connectivity index (χ2n) is 5.92. The Balaban J connectivity index is 2.65. The summed E-state index contributed by atoms with van der Waals surface area (Å²) in [5, 5.41) is 3.43. The van der Waals surface area contributed by atoms with Crippen molar-refractivity contribution < 1.29 is 4.79 Å². The highest BCUT2D eigenvalue weighted by atomic mass is 16.2. The third-order valence-electron chi connectivity index (χ3n) is 4.27. The van der Waals surface area contributed by atoms with E-state index in [1.54, 1.807) is 0 Å². The van der Waals surface area contributed by atoms with Crippen LogP contribution in [0.2, 0.25) is 0 Å². The molecular weight excluding hydrogens is 212 g/mol. The van der Waals surface area contributed by atoms with Crippen LogP contribution in [0.5, 0.6) is 0 Å². The molecule has 1 N–H and O–H groups in total. The summed E-state index contributed by atoms with van der Waals surface area (Å²) < 4.78 is 0. The first kappa shape index (κ1) is 14.5. The number of nitrogens with one attached hydrogen (secondary N) is 1. The summed E-state index contributed by atoms with van der Waals surface area (Å²) in [7, 11) is 0. The molecular formula is C14H28N2O. The van der Waals surface area contributed by atoms with E-state index in [1.165, 1.54) is 0 Å². The third-order valence-corrected chi connectivity index (χ3v) is 4.27. The summed E-state index contributed by atoms with van der Waals surface area (Å²) in [6.07, 6.45) is 1.23. The van der Waals surface area contributed by atoms with Crippen LogP contribution in [-0.4, -0.2) is 29.6 Å². The Labute approximate surface area is 106 Å². The zero-order valence-electron chi connectivity index (χ0n) is 12.2. The number of amides is 1. The number of carbonyl (C=O) groups is 1. The summed E-state index contributed by atoms with van der Waals surface area (Å²) >= 11 is 0. The van der Waals surface area contributed by atoms with E-state index in [4.69, 9.17) is 0 Å². The van der Waals surface area contributed by atoms with Gasteiger partial charge in [-0.25, -0.2) is 0 Å². The van der Waals surface area contributed by atoms with Crippen molar-refractivity contribution in [1.82, 2.24) is 10.2 Å². The van der Waals surface area contributed by atoms with Gasteiger partial charge in [-0.1, -0.05) is 41.0 Å². The molecule has 4 atom stereocenters. The van der Waals surface area contributed by atoms with Crippen molar-refractivity contribution in [3.63, 3.8) is 0 Å². The lowest BCUT2D eigenvalue weighted by Gasteiger charge is -2.26. The van der Waals surface area contributed by atoms with Crippen LogP contribution >= 0.6 is 0 Å². The van der Waals surface area contributed by atoms with E-state index in [-0.39, 0.29) is 12.2 Å². The van der Waals surface area contributed by atoms with Crippen LogP contribution in [0.25, 0.3) is 0 Å². The van der Waals surface area contributed by atoms with Gasteiger partial charge < -0.3 is 4.90 Å². The summed E-state index contributed by atoms with van der Waals surface area (Å²) in [6, 6.07) is 0.0226. The Kier molecular flexibility index (Phi) is 4.99. The van der Waals surface area contributed by atoms with Crippen LogP contribution in [0.4, 0.5) is 0 Å². The molecule has 0 aromatic carbocycles. The van der Waals surface area contributed by atoms with E-state index >= 15 is 0 Å². The topological polar surface area (TPSA) is 32.3 Å². The largest absolute Gasteiger partial charge is 0.326 e. The molecule has 1 amide bonds. The SMILES string of the molecule is CCC(C)C1NC(C)N(CC(C)C(C)C)C1=O. The summed E-state index contributed by atoms with van der Waals surface area (Å²) in [6.45, 7) is 13.9. The van der Waals surface area contributed by atoms with E-state index in [2.05, 4.69) is 46.9 Å². The van der Waals surface area contributed by atoms with Crippen LogP contribution in [0.1, 0.15) is 48.0 Å². The van der Waals surface area contributed by atoms with E-state index in [0.717, 1.165) is 13.0 Å². The lowest BCUT2D eigenvalue weighted by Crippen LogP contribution is -2.39. The Morgan fingerprint density at radius 1 is 1.29 bits per heavy atom. The Hall–Kier alpha value is -0.570. The molecule has 3 heteroatoms. The van der Waals surface area contributed by atoms with Gasteiger partial charge in [0.15, 0.2) is 0 Å². The average Bonchev–Trinajstić information content (AvgIpc) is 2.55. The highest BCUT2D eigenvalue weighted by molar-refractivity contribution is 5.84. The molecule has 1 rings (SSSR count). The van der Waals surface area contributed by atoms with E-state index in [1.807, 2.05) is 4.90 Å². The molecule has 1 heterocycles. The first-order valence-electron chi connectivity index (χ1n) is 6.95. The van der Waals surface area contributed by atoms with E-state index < -0.39 is 0 Å². The monoisotopic (exact) mass is 240 g/mol. The molecule has 0 aromatic rings. The zero-order valence-corrected chi connectivity index (χ0v) is 12.2. The summed E-state index contributed by atoms with van der Waals surface area (Å²) in [5.74, 6) is 1.89. The van der Waals surface area contributed by atoms with Gasteiger partial charge in [-0.3, -0.25) is 10.1 Å². The molecule has 4 unspecified atom stereocenters. The van der Waals surface area contributed by atoms with Crippen molar-refractivity contribution in [1.29, 1.82) is 0 Å². The van der Waals surface area contributed by atoms with Crippen LogP contribution in [-0.2, 0) is 4.79 Å². The van der Waals surface area contributed by atoms with Gasteiger partial charge in [0.1, 0.15) is 0 Å². The predicted molar refractivity (Wildman–Crippen MR) is 71.6 cm³/mol. The van der Waals surface area contributed by atoms with Crippen LogP contribution in [0.3, 0.4) is 0 Å². The average molecular weight is 240 g/mol. The first-order valence-corrected chi connectivity index (χ1v) is 6.95. The molecule has 1 aliphatic heterocycles. The standard InChI is InChI=1S/C14H28N2O/c1-7-10(4)13-14(17)16(12(6)15-13)8-11(5)9(2)3/h9-13,15H,7-8H2,1-6H3. The van der Waals surface area contributed by atoms with Crippen molar-refractivity contribution in [2.45, 2.75) is 60.2 Å². The second kappa shape index (κ2) is 5.85. The van der Waals surface area contributed by atoms with Gasteiger partial charge in [-0.2, -0.15) is 0 Å². The maximum Gasteiger partial charge on any atom is 0.241 e.